The van der Waals surface area contributed by atoms with Gasteiger partial charge in [0.25, 0.3) is 0 Å². The molecule has 0 aromatic carbocycles. The minimum Gasteiger partial charge on any atom is -0.444 e. The van der Waals surface area contributed by atoms with E-state index in [1.807, 2.05) is 0 Å². The topological polar surface area (TPSA) is 47.6 Å². The number of alkyl halides is 1. The van der Waals surface area contributed by atoms with Gasteiger partial charge in [-0.1, -0.05) is 119 Å². The standard InChI is InChI=1S/C25H49BrNO3/c1-4-5-6-7-8-9-10-11-12-13-14-15-16-17-18-19-20-29-22-24(21-23(2)26)30-25(28)27-3/h23-24H,2,4-22H2,1,3H3,(H,27,28). The molecule has 0 bridgehead atoms. The molecule has 0 aromatic heterocycles. The second kappa shape index (κ2) is 23.4. The van der Waals surface area contributed by atoms with Crippen molar-refractivity contribution in [1.82, 2.24) is 5.32 Å². The highest BCUT2D eigenvalue weighted by Crippen LogP contribution is 2.14. The molecule has 0 spiro atoms. The van der Waals surface area contributed by atoms with Gasteiger partial charge >= 0.3 is 6.09 Å². The Balaban J connectivity index is 3.34. The minimum atomic E-state index is -0.417. The second-order valence-corrected chi connectivity index (χ2v) is 9.78. The lowest BCUT2D eigenvalue weighted by atomic mass is 10.0. The van der Waals surface area contributed by atoms with Crippen molar-refractivity contribution in [3.05, 3.63) is 6.92 Å². The Morgan fingerprint density at radius 2 is 1.27 bits per heavy atom. The van der Waals surface area contributed by atoms with Crippen molar-refractivity contribution in [1.29, 1.82) is 0 Å². The number of ether oxygens (including phenoxy) is 2. The second-order valence-electron chi connectivity index (χ2n) is 8.49. The number of nitrogens with one attached hydrogen (secondary N) is 1. The lowest BCUT2D eigenvalue weighted by Crippen LogP contribution is -2.30. The molecule has 1 radical (unpaired) electrons. The summed E-state index contributed by atoms with van der Waals surface area (Å²) in [5.41, 5.74) is 0. The first kappa shape index (κ1) is 29.7. The van der Waals surface area contributed by atoms with E-state index >= 15 is 0 Å². The van der Waals surface area contributed by atoms with Crippen molar-refractivity contribution in [2.24, 2.45) is 0 Å². The van der Waals surface area contributed by atoms with Crippen LogP contribution < -0.4 is 5.32 Å². The molecule has 0 saturated carbocycles. The number of unbranched alkanes of at least 4 members (excludes halogenated alkanes) is 15. The van der Waals surface area contributed by atoms with Gasteiger partial charge in [0.05, 0.1) is 6.61 Å². The summed E-state index contributed by atoms with van der Waals surface area (Å²) in [7, 11) is 1.56. The number of carbonyl (C=O) groups excluding carboxylic acids is 1. The molecule has 0 aliphatic heterocycles. The fraction of sp³-hybridized carbons (Fsp3) is 0.920. The summed E-state index contributed by atoms with van der Waals surface area (Å²) in [5.74, 6) is 0. The third-order valence-corrected chi connectivity index (χ3v) is 5.82. The van der Waals surface area contributed by atoms with E-state index in [9.17, 15) is 4.79 Å². The fourth-order valence-corrected chi connectivity index (χ4v) is 4.03. The number of rotatable bonds is 22. The van der Waals surface area contributed by atoms with Crippen molar-refractivity contribution >= 4 is 22.0 Å². The number of amides is 1. The van der Waals surface area contributed by atoms with Crippen LogP contribution in [0.4, 0.5) is 4.79 Å². The Labute approximate surface area is 195 Å². The largest absolute Gasteiger partial charge is 0.444 e. The molecule has 1 amide bonds. The maximum atomic E-state index is 11.4. The van der Waals surface area contributed by atoms with E-state index in [4.69, 9.17) is 9.47 Å². The zero-order valence-corrected chi connectivity index (χ0v) is 21.5. The zero-order chi connectivity index (χ0) is 22.3. The normalized spacial score (nSPS) is 13.2. The van der Waals surface area contributed by atoms with Gasteiger partial charge in [0, 0.05) is 18.5 Å². The molecule has 1 N–H and O–H groups in total. The molecule has 0 saturated heterocycles. The van der Waals surface area contributed by atoms with Crippen LogP contribution in [0.1, 0.15) is 116 Å². The monoisotopic (exact) mass is 490 g/mol. The molecule has 2 unspecified atom stereocenters. The quantitative estimate of drug-likeness (QED) is 0.123. The maximum Gasteiger partial charge on any atom is 0.407 e. The predicted octanol–water partition coefficient (Wildman–Crippen LogP) is 7.98. The van der Waals surface area contributed by atoms with E-state index in [2.05, 4.69) is 35.1 Å². The Morgan fingerprint density at radius 3 is 1.67 bits per heavy atom. The lowest BCUT2D eigenvalue weighted by molar-refractivity contribution is 0.0167. The van der Waals surface area contributed by atoms with E-state index in [-0.39, 0.29) is 10.9 Å². The van der Waals surface area contributed by atoms with Crippen LogP contribution in [-0.2, 0) is 9.47 Å². The summed E-state index contributed by atoms with van der Waals surface area (Å²) in [5, 5.41) is 2.48. The van der Waals surface area contributed by atoms with Crippen LogP contribution in [0.5, 0.6) is 0 Å². The summed E-state index contributed by atoms with van der Waals surface area (Å²) < 4.78 is 11.0. The molecule has 2 atom stereocenters. The van der Waals surface area contributed by atoms with E-state index in [1.165, 1.54) is 96.3 Å². The molecular weight excluding hydrogens is 442 g/mol. The van der Waals surface area contributed by atoms with E-state index in [1.54, 1.807) is 7.05 Å². The average molecular weight is 492 g/mol. The summed E-state index contributed by atoms with van der Waals surface area (Å²) in [6.07, 6.45) is 21.9. The molecular formula is C25H49BrNO3. The third kappa shape index (κ3) is 22.4. The molecule has 0 aromatic rings. The van der Waals surface area contributed by atoms with Gasteiger partial charge in [0.2, 0.25) is 0 Å². The molecule has 30 heavy (non-hydrogen) atoms. The number of alkyl carbamates (subject to hydrolysis) is 1. The maximum absolute atomic E-state index is 11.4. The van der Waals surface area contributed by atoms with Gasteiger partial charge in [0.15, 0.2) is 0 Å². The Hall–Kier alpha value is -0.290. The SMILES string of the molecule is [CH2]C(Br)CC(COCCCCCCCCCCCCCCCCCC)OC(=O)NC. The third-order valence-electron chi connectivity index (χ3n) is 5.44. The van der Waals surface area contributed by atoms with Gasteiger partial charge in [-0.15, -0.1) is 0 Å². The Bertz CT molecular complexity index is 366. The first-order valence-corrected chi connectivity index (χ1v) is 13.4. The Morgan fingerprint density at radius 1 is 0.833 bits per heavy atom. The lowest BCUT2D eigenvalue weighted by Gasteiger charge is -2.18. The van der Waals surface area contributed by atoms with Crippen LogP contribution in [0.15, 0.2) is 0 Å². The zero-order valence-electron chi connectivity index (χ0n) is 19.9. The highest BCUT2D eigenvalue weighted by molar-refractivity contribution is 9.09. The van der Waals surface area contributed by atoms with Crippen molar-refractivity contribution in [2.75, 3.05) is 20.3 Å². The van der Waals surface area contributed by atoms with Crippen LogP contribution in [0.3, 0.4) is 0 Å². The molecule has 0 rings (SSSR count). The highest BCUT2D eigenvalue weighted by Gasteiger charge is 2.16. The summed E-state index contributed by atoms with van der Waals surface area (Å²) in [4.78, 5) is 11.4. The first-order chi connectivity index (χ1) is 14.6. The summed E-state index contributed by atoms with van der Waals surface area (Å²) in [6, 6.07) is 0. The van der Waals surface area contributed by atoms with Crippen LogP contribution >= 0.6 is 15.9 Å². The number of halogens is 1. The van der Waals surface area contributed by atoms with Crippen LogP contribution in [0, 0.1) is 6.92 Å². The van der Waals surface area contributed by atoms with Gasteiger partial charge in [-0.25, -0.2) is 4.79 Å². The van der Waals surface area contributed by atoms with Crippen LogP contribution in [-0.4, -0.2) is 37.3 Å². The fourth-order valence-electron chi connectivity index (χ4n) is 3.61. The average Bonchev–Trinajstić information content (AvgIpc) is 2.72. The van der Waals surface area contributed by atoms with Crippen molar-refractivity contribution < 1.29 is 14.3 Å². The van der Waals surface area contributed by atoms with Crippen molar-refractivity contribution in [3.8, 4) is 0 Å². The summed E-state index contributed by atoms with van der Waals surface area (Å²) >= 11 is 3.40. The minimum absolute atomic E-state index is 0.0475. The molecule has 0 fully saturated rings. The van der Waals surface area contributed by atoms with Crippen molar-refractivity contribution in [3.63, 3.8) is 0 Å². The molecule has 0 heterocycles. The predicted molar refractivity (Wildman–Crippen MR) is 132 cm³/mol. The number of hydrogen-bond donors (Lipinski definition) is 1. The van der Waals surface area contributed by atoms with E-state index in [0.29, 0.717) is 13.0 Å². The van der Waals surface area contributed by atoms with Crippen LogP contribution in [0.25, 0.3) is 0 Å². The molecule has 0 aliphatic carbocycles. The van der Waals surface area contributed by atoms with Gasteiger partial charge in [-0.05, 0) is 19.8 Å². The molecule has 5 heteroatoms. The number of hydrogen-bond acceptors (Lipinski definition) is 3. The van der Waals surface area contributed by atoms with E-state index in [0.717, 1.165) is 13.0 Å². The smallest absolute Gasteiger partial charge is 0.407 e. The number of carbonyl (C=O) groups is 1. The highest BCUT2D eigenvalue weighted by atomic mass is 79.9. The van der Waals surface area contributed by atoms with Gasteiger partial charge in [-0.2, -0.15) is 0 Å². The molecule has 179 valence electrons. The van der Waals surface area contributed by atoms with E-state index < -0.39 is 6.09 Å². The van der Waals surface area contributed by atoms with Crippen molar-refractivity contribution in [2.45, 2.75) is 127 Å². The van der Waals surface area contributed by atoms with Gasteiger partial charge in [0.1, 0.15) is 6.10 Å². The molecule has 0 aliphatic rings. The van der Waals surface area contributed by atoms with Crippen LogP contribution in [0.2, 0.25) is 0 Å². The Kier molecular flexibility index (Phi) is 23.1. The first-order valence-electron chi connectivity index (χ1n) is 12.5. The summed E-state index contributed by atoms with van der Waals surface area (Å²) in [6.45, 7) is 7.34. The van der Waals surface area contributed by atoms with Gasteiger partial charge < -0.3 is 14.8 Å². The van der Waals surface area contributed by atoms with Gasteiger partial charge in [-0.3, -0.25) is 0 Å². The molecule has 4 nitrogen and oxygen atoms in total.